The van der Waals surface area contributed by atoms with Gasteiger partial charge in [0.2, 0.25) is 0 Å². The second-order valence-electron chi connectivity index (χ2n) is 7.16. The zero-order valence-electron chi connectivity index (χ0n) is 15.4. The number of benzene rings is 1. The lowest BCUT2D eigenvalue weighted by atomic mass is 10.0. The molecule has 0 aliphatic carbocycles. The number of rotatable bonds is 4. The largest absolute Gasteiger partial charge is 0.397 e. The van der Waals surface area contributed by atoms with Gasteiger partial charge in [-0.15, -0.1) is 11.3 Å². The predicted molar refractivity (Wildman–Crippen MR) is 111 cm³/mol. The SMILES string of the molecule is Cc1ccc2c(N)c(C(=O)NC3CCN(Cc4ccccc4)CC3)sc2n1. The van der Waals surface area contributed by atoms with Gasteiger partial charge in [0.15, 0.2) is 0 Å². The van der Waals surface area contributed by atoms with Crippen molar-refractivity contribution in [3.63, 3.8) is 0 Å². The van der Waals surface area contributed by atoms with Gasteiger partial charge in [0, 0.05) is 36.8 Å². The van der Waals surface area contributed by atoms with E-state index < -0.39 is 0 Å². The number of nitrogens with zero attached hydrogens (tertiary/aromatic N) is 2. The number of nitrogen functional groups attached to an aromatic ring is 1. The molecule has 0 bridgehead atoms. The van der Waals surface area contributed by atoms with Gasteiger partial charge in [-0.2, -0.15) is 0 Å². The van der Waals surface area contributed by atoms with Crippen molar-refractivity contribution in [3.8, 4) is 0 Å². The van der Waals surface area contributed by atoms with E-state index in [1.807, 2.05) is 25.1 Å². The van der Waals surface area contributed by atoms with Gasteiger partial charge >= 0.3 is 0 Å². The number of nitrogens with one attached hydrogen (secondary N) is 1. The van der Waals surface area contributed by atoms with Crippen molar-refractivity contribution in [1.82, 2.24) is 15.2 Å². The van der Waals surface area contributed by atoms with Crippen molar-refractivity contribution in [3.05, 3.63) is 58.6 Å². The van der Waals surface area contributed by atoms with Gasteiger partial charge in [0.1, 0.15) is 9.71 Å². The van der Waals surface area contributed by atoms with Crippen molar-refractivity contribution in [2.24, 2.45) is 0 Å². The maximum absolute atomic E-state index is 12.7. The van der Waals surface area contributed by atoms with Gasteiger partial charge in [-0.1, -0.05) is 30.3 Å². The molecule has 140 valence electrons. The molecule has 5 nitrogen and oxygen atoms in total. The molecule has 1 amide bonds. The molecule has 1 aliphatic heterocycles. The number of likely N-dealkylation sites (tertiary alicyclic amines) is 1. The molecule has 0 atom stereocenters. The van der Waals surface area contributed by atoms with Crippen LogP contribution in [0.2, 0.25) is 0 Å². The Hall–Kier alpha value is -2.44. The number of hydrogen-bond acceptors (Lipinski definition) is 5. The Morgan fingerprint density at radius 3 is 2.70 bits per heavy atom. The van der Waals surface area contributed by atoms with Crippen molar-refractivity contribution >= 4 is 33.1 Å². The van der Waals surface area contributed by atoms with Crippen LogP contribution in [0.5, 0.6) is 0 Å². The van der Waals surface area contributed by atoms with Gasteiger partial charge in [-0.3, -0.25) is 9.69 Å². The Bertz CT molecular complexity index is 945. The number of pyridine rings is 1. The molecule has 3 N–H and O–H groups in total. The summed E-state index contributed by atoms with van der Waals surface area (Å²) in [5.41, 5.74) is 9.01. The summed E-state index contributed by atoms with van der Waals surface area (Å²) in [6.45, 7) is 4.89. The summed E-state index contributed by atoms with van der Waals surface area (Å²) < 4.78 is 0. The lowest BCUT2D eigenvalue weighted by Crippen LogP contribution is -2.44. The summed E-state index contributed by atoms with van der Waals surface area (Å²) in [5.74, 6) is -0.0744. The first-order valence-corrected chi connectivity index (χ1v) is 10.1. The fourth-order valence-corrected chi connectivity index (χ4v) is 4.63. The van der Waals surface area contributed by atoms with Gasteiger partial charge in [0.05, 0.1) is 5.69 Å². The van der Waals surface area contributed by atoms with E-state index in [1.165, 1.54) is 16.9 Å². The Balaban J connectivity index is 1.36. The summed E-state index contributed by atoms with van der Waals surface area (Å²) in [6, 6.07) is 14.6. The first-order chi connectivity index (χ1) is 13.1. The fourth-order valence-electron chi connectivity index (χ4n) is 3.59. The number of hydrogen-bond donors (Lipinski definition) is 2. The molecule has 1 saturated heterocycles. The number of thiophene rings is 1. The molecule has 2 aromatic heterocycles. The predicted octanol–water partition coefficient (Wildman–Crippen LogP) is 3.58. The third-order valence-electron chi connectivity index (χ3n) is 5.11. The van der Waals surface area contributed by atoms with E-state index in [0.29, 0.717) is 10.6 Å². The van der Waals surface area contributed by atoms with Crippen LogP contribution in [0.25, 0.3) is 10.2 Å². The summed E-state index contributed by atoms with van der Waals surface area (Å²) in [4.78, 5) is 21.1. The van der Waals surface area contributed by atoms with E-state index in [-0.39, 0.29) is 11.9 Å². The highest BCUT2D eigenvalue weighted by Gasteiger charge is 2.24. The summed E-state index contributed by atoms with van der Waals surface area (Å²) in [6.07, 6.45) is 1.92. The van der Waals surface area contributed by atoms with E-state index in [0.717, 1.165) is 48.4 Å². The van der Waals surface area contributed by atoms with Crippen molar-refractivity contribution in [2.45, 2.75) is 32.4 Å². The average Bonchev–Trinajstić information content (AvgIpc) is 3.00. The number of aromatic nitrogens is 1. The van der Waals surface area contributed by atoms with Gasteiger partial charge in [-0.05, 0) is 37.5 Å². The Morgan fingerprint density at radius 1 is 1.22 bits per heavy atom. The second kappa shape index (κ2) is 7.66. The molecule has 4 rings (SSSR count). The van der Waals surface area contributed by atoms with E-state index in [2.05, 4.69) is 39.5 Å². The van der Waals surface area contributed by atoms with Crippen LogP contribution in [0, 0.1) is 6.92 Å². The Kier molecular flexibility index (Phi) is 5.09. The van der Waals surface area contributed by atoms with Crippen LogP contribution in [0.4, 0.5) is 5.69 Å². The number of carbonyl (C=O) groups is 1. The maximum Gasteiger partial charge on any atom is 0.263 e. The molecule has 6 heteroatoms. The van der Waals surface area contributed by atoms with Crippen LogP contribution in [-0.2, 0) is 6.54 Å². The lowest BCUT2D eigenvalue weighted by Gasteiger charge is -2.32. The number of aryl methyl sites for hydroxylation is 1. The topological polar surface area (TPSA) is 71.2 Å². The molecule has 3 aromatic rings. The molecule has 0 radical (unpaired) electrons. The first kappa shape index (κ1) is 17.9. The van der Waals surface area contributed by atoms with E-state index in [9.17, 15) is 4.79 Å². The monoisotopic (exact) mass is 380 g/mol. The second-order valence-corrected chi connectivity index (χ2v) is 8.16. The minimum absolute atomic E-state index is 0.0744. The molecule has 1 fully saturated rings. The Labute approximate surface area is 163 Å². The van der Waals surface area contributed by atoms with Crippen LogP contribution in [0.15, 0.2) is 42.5 Å². The number of anilines is 1. The van der Waals surface area contributed by atoms with Crippen LogP contribution < -0.4 is 11.1 Å². The van der Waals surface area contributed by atoms with E-state index in [1.54, 1.807) is 0 Å². The molecular weight excluding hydrogens is 356 g/mol. The van der Waals surface area contributed by atoms with Crippen molar-refractivity contribution in [2.75, 3.05) is 18.8 Å². The third kappa shape index (κ3) is 3.96. The smallest absolute Gasteiger partial charge is 0.263 e. The number of carbonyl (C=O) groups excluding carboxylic acids is 1. The van der Waals surface area contributed by atoms with Gasteiger partial charge in [0.25, 0.3) is 5.91 Å². The summed E-state index contributed by atoms with van der Waals surface area (Å²) in [5, 5.41) is 4.04. The third-order valence-corrected chi connectivity index (χ3v) is 6.23. The highest BCUT2D eigenvalue weighted by Crippen LogP contribution is 2.32. The maximum atomic E-state index is 12.7. The quantitative estimate of drug-likeness (QED) is 0.726. The zero-order chi connectivity index (χ0) is 18.8. The highest BCUT2D eigenvalue weighted by atomic mass is 32.1. The molecule has 27 heavy (non-hydrogen) atoms. The molecule has 1 aromatic carbocycles. The molecule has 0 spiro atoms. The number of amides is 1. The van der Waals surface area contributed by atoms with Crippen LogP contribution in [0.1, 0.15) is 33.8 Å². The van der Waals surface area contributed by atoms with Crippen molar-refractivity contribution in [1.29, 1.82) is 0 Å². The van der Waals surface area contributed by atoms with E-state index in [4.69, 9.17) is 5.73 Å². The van der Waals surface area contributed by atoms with Gasteiger partial charge in [-0.25, -0.2) is 4.98 Å². The minimum atomic E-state index is -0.0744. The summed E-state index contributed by atoms with van der Waals surface area (Å²) >= 11 is 1.38. The Morgan fingerprint density at radius 2 is 1.96 bits per heavy atom. The van der Waals surface area contributed by atoms with Gasteiger partial charge < -0.3 is 11.1 Å². The molecular formula is C21H24N4OS. The highest BCUT2D eigenvalue weighted by molar-refractivity contribution is 7.21. The zero-order valence-corrected chi connectivity index (χ0v) is 16.3. The average molecular weight is 381 g/mol. The normalized spacial score (nSPS) is 15.9. The first-order valence-electron chi connectivity index (χ1n) is 9.33. The number of nitrogens with two attached hydrogens (primary N) is 1. The fraction of sp³-hybridized carbons (Fsp3) is 0.333. The van der Waals surface area contributed by atoms with Crippen LogP contribution in [0.3, 0.4) is 0 Å². The van der Waals surface area contributed by atoms with E-state index >= 15 is 0 Å². The number of piperidine rings is 1. The number of fused-ring (bicyclic) bond motifs is 1. The van der Waals surface area contributed by atoms with Crippen molar-refractivity contribution < 1.29 is 4.79 Å². The van der Waals surface area contributed by atoms with Crippen LogP contribution in [-0.4, -0.2) is 34.9 Å². The standard InChI is InChI=1S/C21H24N4OS/c1-14-7-8-17-18(22)19(27-21(17)23-14)20(26)24-16-9-11-25(12-10-16)13-15-5-3-2-4-6-15/h2-8,16H,9-13,22H2,1H3,(H,24,26). The minimum Gasteiger partial charge on any atom is -0.397 e. The molecule has 1 aliphatic rings. The molecule has 0 saturated carbocycles. The molecule has 0 unspecified atom stereocenters. The van der Waals surface area contributed by atoms with Crippen LogP contribution >= 0.6 is 11.3 Å². The molecule has 3 heterocycles. The lowest BCUT2D eigenvalue weighted by molar-refractivity contribution is 0.0914. The summed E-state index contributed by atoms with van der Waals surface area (Å²) in [7, 11) is 0.